The average Bonchev–Trinajstić information content (AvgIpc) is 2.66. The van der Waals surface area contributed by atoms with E-state index in [-0.39, 0.29) is 46.4 Å². The van der Waals surface area contributed by atoms with Crippen molar-refractivity contribution in [1.29, 1.82) is 0 Å². The van der Waals surface area contributed by atoms with Gasteiger partial charge in [0.1, 0.15) is 12.4 Å². The maximum Gasteiger partial charge on any atom is 1.00 e. The Morgan fingerprint density at radius 3 is 2.59 bits per heavy atom. The van der Waals surface area contributed by atoms with E-state index in [9.17, 15) is 0 Å². The molecular weight excluding hydrogens is 421 g/mol. The van der Waals surface area contributed by atoms with Crippen LogP contribution in [0.4, 0.5) is 0 Å². The minimum absolute atomic E-state index is 0. The number of hydrogen-bond donors (Lipinski definition) is 0. The summed E-state index contributed by atoms with van der Waals surface area (Å²) < 4.78 is 3.94. The van der Waals surface area contributed by atoms with Gasteiger partial charge in [0, 0.05) is 11.8 Å². The Labute approximate surface area is 135 Å². The van der Waals surface area contributed by atoms with Crippen molar-refractivity contribution in [3.8, 4) is 5.82 Å². The Bertz CT molecular complexity index is 468. The van der Waals surface area contributed by atoms with Crippen LogP contribution in [0, 0.1) is 13.3 Å². The Kier molecular flexibility index (Phi) is 7.23. The number of imidazole rings is 1. The molecule has 0 amide bonds. The minimum Gasteiger partial charge on any atom is -1.00 e. The van der Waals surface area contributed by atoms with Crippen molar-refractivity contribution in [3.05, 3.63) is 42.6 Å². The van der Waals surface area contributed by atoms with Gasteiger partial charge in [-0.1, -0.05) is 6.07 Å². The number of aromatic nitrogens is 3. The zero-order valence-electron chi connectivity index (χ0n) is 9.99. The first-order valence-electron chi connectivity index (χ1n) is 5.12. The molecule has 0 saturated heterocycles. The summed E-state index contributed by atoms with van der Waals surface area (Å²) in [4.78, 5) is 4.43. The van der Waals surface area contributed by atoms with E-state index in [1.807, 2.05) is 46.7 Å². The van der Waals surface area contributed by atoms with Crippen LogP contribution in [0.5, 0.6) is 0 Å². The molecule has 0 N–H and O–H groups in total. The predicted molar refractivity (Wildman–Crippen MR) is 57.7 cm³/mol. The zero-order chi connectivity index (χ0) is 10.8. The molecule has 5 heteroatoms. The number of nitrogens with zero attached hydrogens (tertiary/aromatic N) is 3. The number of aryl methyl sites for hydroxylation is 1. The number of rotatable bonds is 2. The molecule has 17 heavy (non-hydrogen) atoms. The largest absolute Gasteiger partial charge is 1.00 e. The molecule has 0 bridgehead atoms. The van der Waals surface area contributed by atoms with Crippen molar-refractivity contribution >= 4 is 0 Å². The number of hydrogen-bond acceptors (Lipinski definition) is 1. The third-order valence-electron chi connectivity index (χ3n) is 2.28. The molecule has 0 aliphatic heterocycles. The van der Waals surface area contributed by atoms with E-state index in [1.54, 1.807) is 0 Å². The van der Waals surface area contributed by atoms with Gasteiger partial charge in [0.05, 0.1) is 6.04 Å². The van der Waals surface area contributed by atoms with Crippen LogP contribution in [-0.2, 0) is 22.4 Å². The van der Waals surface area contributed by atoms with E-state index in [0.29, 0.717) is 6.04 Å². The second-order valence-electron chi connectivity index (χ2n) is 3.91. The quantitative estimate of drug-likeness (QED) is 0.332. The molecule has 0 aliphatic rings. The van der Waals surface area contributed by atoms with Crippen LogP contribution in [0.2, 0.25) is 0 Å². The molecule has 3 nitrogen and oxygen atoms in total. The van der Waals surface area contributed by atoms with Gasteiger partial charge < -0.3 is 24.0 Å². The molecule has 0 atom stereocenters. The van der Waals surface area contributed by atoms with Crippen LogP contribution in [0.25, 0.3) is 5.82 Å². The van der Waals surface area contributed by atoms with Crippen LogP contribution < -0.4 is 28.5 Å². The molecular formula is C12H15AgIN3+. The van der Waals surface area contributed by atoms with Crippen molar-refractivity contribution in [1.82, 2.24) is 9.55 Å². The second kappa shape index (κ2) is 7.31. The van der Waals surface area contributed by atoms with Crippen LogP contribution in [0.15, 0.2) is 30.6 Å². The predicted octanol–water partition coefficient (Wildman–Crippen LogP) is -1.15. The van der Waals surface area contributed by atoms with Crippen LogP contribution in [0.3, 0.4) is 0 Å². The van der Waals surface area contributed by atoms with Gasteiger partial charge in [-0.2, -0.15) is 4.57 Å². The first-order chi connectivity index (χ1) is 7.16. The summed E-state index contributed by atoms with van der Waals surface area (Å²) in [6.07, 6.45) is 7.21. The fourth-order valence-corrected chi connectivity index (χ4v) is 1.41. The van der Waals surface area contributed by atoms with Crippen molar-refractivity contribution in [2.24, 2.45) is 0 Å². The Balaban J connectivity index is 0.00000128. The molecule has 2 aromatic heterocycles. The molecule has 0 spiro atoms. The Hall–Kier alpha value is -0.170. The van der Waals surface area contributed by atoms with Crippen LogP contribution in [0.1, 0.15) is 25.6 Å². The average molecular weight is 436 g/mol. The van der Waals surface area contributed by atoms with Gasteiger partial charge in [0.2, 0.25) is 5.82 Å². The van der Waals surface area contributed by atoms with E-state index in [0.717, 1.165) is 11.5 Å². The van der Waals surface area contributed by atoms with E-state index in [2.05, 4.69) is 25.2 Å². The second-order valence-corrected chi connectivity index (χ2v) is 3.91. The van der Waals surface area contributed by atoms with Crippen molar-refractivity contribution in [2.45, 2.75) is 26.8 Å². The monoisotopic (exact) mass is 435 g/mol. The summed E-state index contributed by atoms with van der Waals surface area (Å²) in [6, 6.07) is 6.40. The van der Waals surface area contributed by atoms with Gasteiger partial charge in [-0.15, -0.1) is 0 Å². The number of pyridine rings is 1. The van der Waals surface area contributed by atoms with E-state index in [4.69, 9.17) is 0 Å². The van der Waals surface area contributed by atoms with Gasteiger partial charge in [0.15, 0.2) is 0 Å². The van der Waals surface area contributed by atoms with E-state index < -0.39 is 0 Å². The maximum atomic E-state index is 4.43. The third kappa shape index (κ3) is 4.21. The smallest absolute Gasteiger partial charge is 1.00 e. The standard InChI is InChI=1S/C12H15N3.Ag.HI/c1-10(2)14-7-8-15(9-14)12-6-4-5-11(3)13-12;;/h4-8,10H,1-3H3;;1H/q2*+1;/p-1. The van der Waals surface area contributed by atoms with Gasteiger partial charge in [-0.05, 0) is 26.8 Å². The molecule has 0 unspecified atom stereocenters. The van der Waals surface area contributed by atoms with Crippen LogP contribution in [-0.4, -0.2) is 9.55 Å². The topological polar surface area (TPSA) is 21.7 Å². The van der Waals surface area contributed by atoms with Crippen molar-refractivity contribution in [2.75, 3.05) is 0 Å². The number of halogens is 1. The first-order valence-corrected chi connectivity index (χ1v) is 5.12. The van der Waals surface area contributed by atoms with Gasteiger partial charge >= 0.3 is 28.7 Å². The van der Waals surface area contributed by atoms with E-state index >= 15 is 0 Å². The summed E-state index contributed by atoms with van der Waals surface area (Å²) >= 11 is 0. The summed E-state index contributed by atoms with van der Waals surface area (Å²) in [7, 11) is 0. The molecule has 1 radical (unpaired) electrons. The normalized spacial score (nSPS) is 9.65. The maximum absolute atomic E-state index is 4.43. The molecule has 95 valence electrons. The molecule has 0 aliphatic carbocycles. The molecule has 0 saturated carbocycles. The molecule has 0 aromatic carbocycles. The summed E-state index contributed by atoms with van der Waals surface area (Å²) in [5, 5.41) is 0. The summed E-state index contributed by atoms with van der Waals surface area (Å²) in [6.45, 7) is 6.25. The fourth-order valence-electron chi connectivity index (χ4n) is 1.41. The zero-order valence-corrected chi connectivity index (χ0v) is 13.6. The summed E-state index contributed by atoms with van der Waals surface area (Å²) in [5.41, 5.74) is 1.02. The molecule has 0 fully saturated rings. The van der Waals surface area contributed by atoms with Gasteiger partial charge in [-0.25, -0.2) is 9.55 Å². The molecule has 2 aromatic rings. The third-order valence-corrected chi connectivity index (χ3v) is 2.28. The van der Waals surface area contributed by atoms with Crippen molar-refractivity contribution in [3.63, 3.8) is 0 Å². The Morgan fingerprint density at radius 1 is 1.35 bits per heavy atom. The fraction of sp³-hybridized carbons (Fsp3) is 0.333. The first kappa shape index (κ1) is 16.8. The van der Waals surface area contributed by atoms with E-state index in [1.165, 1.54) is 0 Å². The minimum atomic E-state index is 0. The summed E-state index contributed by atoms with van der Waals surface area (Å²) in [5.74, 6) is 0.911. The van der Waals surface area contributed by atoms with Crippen molar-refractivity contribution < 1.29 is 50.9 Å². The molecule has 2 heterocycles. The van der Waals surface area contributed by atoms with Gasteiger partial charge in [-0.3, -0.25) is 0 Å². The molecule has 2 rings (SSSR count). The van der Waals surface area contributed by atoms with Crippen LogP contribution >= 0.6 is 0 Å². The Morgan fingerprint density at radius 2 is 2.06 bits per heavy atom. The SMILES string of the molecule is Cc1cccc(-n2[c][n+](C(C)C)cc2)n1.[Ag+].[I-]. The van der Waals surface area contributed by atoms with Gasteiger partial charge in [0.25, 0.3) is 0 Å².